The summed E-state index contributed by atoms with van der Waals surface area (Å²) < 4.78 is 4.67. The van der Waals surface area contributed by atoms with Gasteiger partial charge in [-0.2, -0.15) is 5.10 Å². The van der Waals surface area contributed by atoms with Gasteiger partial charge in [-0.15, -0.1) is 0 Å². The molecule has 0 aliphatic carbocycles. The van der Waals surface area contributed by atoms with E-state index in [1.165, 1.54) is 7.11 Å². The fraction of sp³-hybridized carbons (Fsp3) is 0.125. The number of hydrogen-bond donors (Lipinski definition) is 1. The van der Waals surface area contributed by atoms with Crippen LogP contribution in [-0.4, -0.2) is 23.5 Å². The molecule has 0 bridgehead atoms. The molecule has 0 aliphatic heterocycles. The molecule has 0 saturated heterocycles. The van der Waals surface area contributed by atoms with Crippen LogP contribution in [0.2, 0.25) is 0 Å². The lowest BCUT2D eigenvalue weighted by Gasteiger charge is -1.97. The summed E-state index contributed by atoms with van der Waals surface area (Å²) in [6, 6.07) is 5.55. The molecular weight excluding hydrogens is 186 g/mol. The number of hydrogen-bond acceptors (Lipinski definition) is 4. The van der Waals surface area contributed by atoms with Crippen LogP contribution in [0.25, 0.3) is 0 Å². The average molecular weight is 195 g/mol. The first-order valence-corrected chi connectivity index (χ1v) is 4.02. The van der Waals surface area contributed by atoms with Gasteiger partial charge in [-0.3, -0.25) is 4.98 Å². The summed E-state index contributed by atoms with van der Waals surface area (Å²) in [5, 5.41) is 4.04. The van der Waals surface area contributed by atoms with Crippen molar-refractivity contribution in [2.75, 3.05) is 7.11 Å². The number of hydrazone groups is 1. The summed E-state index contributed by atoms with van der Waals surface area (Å²) in [7, 11) is 1.48. The van der Waals surface area contributed by atoms with E-state index in [-0.39, 0.29) is 5.17 Å². The predicted molar refractivity (Wildman–Crippen MR) is 54.6 cm³/mol. The maximum Gasteiger partial charge on any atom is 0.277 e. The molecule has 0 radical (unpaired) electrons. The Hall–Kier alpha value is -1.49. The first-order chi connectivity index (χ1) is 6.33. The Balaban J connectivity index is 2.45. The highest BCUT2D eigenvalue weighted by molar-refractivity contribution is 7.80. The third kappa shape index (κ3) is 3.62. The van der Waals surface area contributed by atoms with E-state index in [0.717, 1.165) is 5.69 Å². The van der Waals surface area contributed by atoms with Crippen LogP contribution in [0.15, 0.2) is 29.5 Å². The number of rotatable bonds is 2. The molecule has 0 spiro atoms. The largest absolute Gasteiger partial charge is 0.473 e. The minimum absolute atomic E-state index is 0.229. The molecule has 0 amide bonds. The summed E-state index contributed by atoms with van der Waals surface area (Å²) in [5.41, 5.74) is 3.28. The molecule has 1 aromatic heterocycles. The third-order valence-electron chi connectivity index (χ3n) is 1.23. The molecule has 1 aromatic rings. The minimum Gasteiger partial charge on any atom is -0.473 e. The summed E-state index contributed by atoms with van der Waals surface area (Å²) >= 11 is 4.70. The van der Waals surface area contributed by atoms with E-state index >= 15 is 0 Å². The fourth-order valence-electron chi connectivity index (χ4n) is 0.649. The molecule has 5 heteroatoms. The van der Waals surface area contributed by atoms with Gasteiger partial charge in [0.15, 0.2) is 0 Å². The number of ether oxygens (including phenoxy) is 1. The normalized spacial score (nSPS) is 9.92. The van der Waals surface area contributed by atoms with Gasteiger partial charge in [0.05, 0.1) is 19.0 Å². The van der Waals surface area contributed by atoms with Crippen LogP contribution in [0.4, 0.5) is 0 Å². The topological polar surface area (TPSA) is 46.5 Å². The quantitative estimate of drug-likeness (QED) is 0.433. The van der Waals surface area contributed by atoms with Gasteiger partial charge < -0.3 is 4.74 Å². The van der Waals surface area contributed by atoms with Gasteiger partial charge in [0.2, 0.25) is 0 Å². The Bertz CT molecular complexity index is 300. The Morgan fingerprint density at radius 3 is 3.15 bits per heavy atom. The molecular formula is C8H9N3OS. The van der Waals surface area contributed by atoms with Crippen LogP contribution in [-0.2, 0) is 4.74 Å². The first kappa shape index (κ1) is 9.60. The second-order valence-corrected chi connectivity index (χ2v) is 2.49. The Kier molecular flexibility index (Phi) is 3.84. The number of methoxy groups -OCH3 is 1. The van der Waals surface area contributed by atoms with Crippen LogP contribution in [0.3, 0.4) is 0 Å². The zero-order valence-electron chi connectivity index (χ0n) is 7.10. The monoisotopic (exact) mass is 195 g/mol. The van der Waals surface area contributed by atoms with Crippen LogP contribution in [0.1, 0.15) is 5.69 Å². The number of thiocarbonyl (C=S) groups is 1. The molecule has 0 aromatic carbocycles. The van der Waals surface area contributed by atoms with Gasteiger partial charge in [-0.05, 0) is 24.4 Å². The number of nitrogens with zero attached hydrogens (tertiary/aromatic N) is 2. The van der Waals surface area contributed by atoms with E-state index in [9.17, 15) is 0 Å². The predicted octanol–water partition coefficient (Wildman–Crippen LogP) is 0.936. The van der Waals surface area contributed by atoms with Gasteiger partial charge in [0.1, 0.15) is 0 Å². The van der Waals surface area contributed by atoms with Crippen molar-refractivity contribution < 1.29 is 4.74 Å². The van der Waals surface area contributed by atoms with Crippen LogP contribution in [0.5, 0.6) is 0 Å². The van der Waals surface area contributed by atoms with Gasteiger partial charge in [0, 0.05) is 6.20 Å². The first-order valence-electron chi connectivity index (χ1n) is 3.61. The second kappa shape index (κ2) is 5.21. The van der Waals surface area contributed by atoms with Gasteiger partial charge in [0.25, 0.3) is 5.17 Å². The molecule has 0 fully saturated rings. The maximum atomic E-state index is 4.70. The highest BCUT2D eigenvalue weighted by Crippen LogP contribution is 1.87. The molecule has 0 atom stereocenters. The standard InChI is InChI=1S/C8H9N3OS/c1-12-8(13)11-10-6-7-4-2-3-5-9-7/h2-6H,1H3,(H,11,13). The van der Waals surface area contributed by atoms with E-state index in [2.05, 4.69) is 20.2 Å². The van der Waals surface area contributed by atoms with Crippen molar-refractivity contribution >= 4 is 23.6 Å². The summed E-state index contributed by atoms with van der Waals surface area (Å²) in [6.07, 6.45) is 3.25. The summed E-state index contributed by atoms with van der Waals surface area (Å²) in [5.74, 6) is 0. The Morgan fingerprint density at radius 1 is 1.69 bits per heavy atom. The lowest BCUT2D eigenvalue weighted by molar-refractivity contribution is 0.395. The highest BCUT2D eigenvalue weighted by atomic mass is 32.1. The maximum absolute atomic E-state index is 4.70. The fourth-order valence-corrected chi connectivity index (χ4v) is 0.702. The van der Waals surface area contributed by atoms with Crippen LogP contribution in [0, 0.1) is 0 Å². The third-order valence-corrected chi connectivity index (χ3v) is 1.48. The van der Waals surface area contributed by atoms with Gasteiger partial charge in [-0.1, -0.05) is 6.07 Å². The van der Waals surface area contributed by atoms with Crippen molar-refractivity contribution in [1.29, 1.82) is 0 Å². The molecule has 0 aliphatic rings. The van der Waals surface area contributed by atoms with E-state index < -0.39 is 0 Å². The zero-order chi connectivity index (χ0) is 9.52. The van der Waals surface area contributed by atoms with Crippen LogP contribution < -0.4 is 5.43 Å². The lowest BCUT2D eigenvalue weighted by Crippen LogP contribution is -2.16. The Labute approximate surface area is 81.6 Å². The van der Waals surface area contributed by atoms with Crippen molar-refractivity contribution in [3.8, 4) is 0 Å². The number of aromatic nitrogens is 1. The Morgan fingerprint density at radius 2 is 2.54 bits per heavy atom. The minimum atomic E-state index is 0.229. The zero-order valence-corrected chi connectivity index (χ0v) is 7.91. The van der Waals surface area contributed by atoms with Crippen molar-refractivity contribution in [3.05, 3.63) is 30.1 Å². The van der Waals surface area contributed by atoms with E-state index in [1.54, 1.807) is 12.4 Å². The van der Waals surface area contributed by atoms with Crippen molar-refractivity contribution in [3.63, 3.8) is 0 Å². The molecule has 68 valence electrons. The van der Waals surface area contributed by atoms with E-state index in [0.29, 0.717) is 0 Å². The smallest absolute Gasteiger partial charge is 0.277 e. The van der Waals surface area contributed by atoms with E-state index in [1.807, 2.05) is 18.2 Å². The number of nitrogens with one attached hydrogen (secondary N) is 1. The highest BCUT2D eigenvalue weighted by Gasteiger charge is 1.88. The molecule has 1 heterocycles. The van der Waals surface area contributed by atoms with Gasteiger partial charge in [-0.25, -0.2) is 5.43 Å². The molecule has 1 rings (SSSR count). The van der Waals surface area contributed by atoms with Crippen LogP contribution >= 0.6 is 12.2 Å². The van der Waals surface area contributed by atoms with Crippen molar-refractivity contribution in [1.82, 2.24) is 10.4 Å². The summed E-state index contributed by atoms with van der Waals surface area (Å²) in [4.78, 5) is 4.03. The van der Waals surface area contributed by atoms with Gasteiger partial charge >= 0.3 is 0 Å². The SMILES string of the molecule is COC(=S)NN=Cc1ccccn1. The molecule has 0 saturated carbocycles. The van der Waals surface area contributed by atoms with Crippen molar-refractivity contribution in [2.24, 2.45) is 5.10 Å². The lowest BCUT2D eigenvalue weighted by atomic mass is 10.4. The average Bonchev–Trinajstić information content (AvgIpc) is 2.19. The molecule has 1 N–H and O–H groups in total. The second-order valence-electron chi connectivity index (χ2n) is 2.12. The number of pyridine rings is 1. The molecule has 13 heavy (non-hydrogen) atoms. The van der Waals surface area contributed by atoms with Crippen molar-refractivity contribution in [2.45, 2.75) is 0 Å². The molecule has 0 unspecified atom stereocenters. The molecule has 4 nitrogen and oxygen atoms in total. The summed E-state index contributed by atoms with van der Waals surface area (Å²) in [6.45, 7) is 0. The van der Waals surface area contributed by atoms with E-state index in [4.69, 9.17) is 12.2 Å².